The van der Waals surface area contributed by atoms with Gasteiger partial charge in [-0.15, -0.1) is 0 Å². The summed E-state index contributed by atoms with van der Waals surface area (Å²) in [6, 6.07) is 8.76. The fourth-order valence-corrected chi connectivity index (χ4v) is 3.15. The van der Waals surface area contributed by atoms with Gasteiger partial charge >= 0.3 is 6.16 Å². The van der Waals surface area contributed by atoms with Crippen LogP contribution in [0, 0.1) is 0 Å². The van der Waals surface area contributed by atoms with Crippen molar-refractivity contribution in [1.82, 2.24) is 0 Å². The van der Waals surface area contributed by atoms with Gasteiger partial charge in [0.05, 0.1) is 21.3 Å². The van der Waals surface area contributed by atoms with Crippen LogP contribution in [0.5, 0.6) is 28.7 Å². The minimum Gasteiger partial charge on any atom is -0.493 e. The summed E-state index contributed by atoms with van der Waals surface area (Å²) in [5.41, 5.74) is 1.73. The van der Waals surface area contributed by atoms with Gasteiger partial charge in [0, 0.05) is 17.5 Å². The molecule has 0 amide bonds. The third kappa shape index (κ3) is 3.08. The average Bonchev–Trinajstić information content (AvgIpc) is 2.97. The zero-order chi connectivity index (χ0) is 18.8. The van der Waals surface area contributed by atoms with Gasteiger partial charge in [0.2, 0.25) is 0 Å². The van der Waals surface area contributed by atoms with Crippen molar-refractivity contribution >= 4 is 6.16 Å². The molecule has 2 aromatic rings. The maximum Gasteiger partial charge on any atom is 0.511 e. The van der Waals surface area contributed by atoms with Crippen LogP contribution in [-0.2, 0) is 0 Å². The van der Waals surface area contributed by atoms with Crippen molar-refractivity contribution in [2.75, 3.05) is 21.3 Å². The molecule has 0 aliphatic carbocycles. The highest BCUT2D eigenvalue weighted by atomic mass is 16.7. The summed E-state index contributed by atoms with van der Waals surface area (Å²) in [4.78, 5) is 10.8. The van der Waals surface area contributed by atoms with E-state index in [1.807, 2.05) is 25.1 Å². The largest absolute Gasteiger partial charge is 0.511 e. The lowest BCUT2D eigenvalue weighted by atomic mass is 9.92. The van der Waals surface area contributed by atoms with Crippen molar-refractivity contribution in [3.05, 3.63) is 41.5 Å². The van der Waals surface area contributed by atoms with E-state index in [1.165, 1.54) is 13.2 Å². The number of hydrogen-bond donors (Lipinski definition) is 1. The van der Waals surface area contributed by atoms with E-state index in [-0.39, 0.29) is 17.8 Å². The number of ether oxygens (including phenoxy) is 5. The zero-order valence-electron chi connectivity index (χ0n) is 14.9. The van der Waals surface area contributed by atoms with E-state index in [2.05, 4.69) is 0 Å². The van der Waals surface area contributed by atoms with Gasteiger partial charge in [-0.2, -0.15) is 0 Å². The maximum atomic E-state index is 10.8. The second kappa shape index (κ2) is 7.03. The topological polar surface area (TPSA) is 83.5 Å². The molecule has 0 fully saturated rings. The summed E-state index contributed by atoms with van der Waals surface area (Å²) in [6.07, 6.45) is -1.66. The van der Waals surface area contributed by atoms with Gasteiger partial charge in [0.15, 0.2) is 23.0 Å². The van der Waals surface area contributed by atoms with Gasteiger partial charge in [-0.05, 0) is 23.8 Å². The molecular formula is C19H20O7. The monoisotopic (exact) mass is 360 g/mol. The molecule has 3 rings (SSSR count). The Kier molecular flexibility index (Phi) is 4.79. The quantitative estimate of drug-likeness (QED) is 0.637. The number of benzene rings is 2. The first-order valence-corrected chi connectivity index (χ1v) is 7.99. The first kappa shape index (κ1) is 17.7. The van der Waals surface area contributed by atoms with Crippen molar-refractivity contribution in [1.29, 1.82) is 0 Å². The zero-order valence-corrected chi connectivity index (χ0v) is 14.9. The van der Waals surface area contributed by atoms with E-state index in [0.717, 1.165) is 11.1 Å². The molecule has 2 unspecified atom stereocenters. The van der Waals surface area contributed by atoms with E-state index in [1.54, 1.807) is 20.3 Å². The predicted octanol–water partition coefficient (Wildman–Crippen LogP) is 4.01. The summed E-state index contributed by atoms with van der Waals surface area (Å²) >= 11 is 0. The Morgan fingerprint density at radius 1 is 1.00 bits per heavy atom. The fraction of sp³-hybridized carbons (Fsp3) is 0.316. The van der Waals surface area contributed by atoms with Gasteiger partial charge in [-0.25, -0.2) is 4.79 Å². The smallest absolute Gasteiger partial charge is 0.493 e. The molecule has 1 heterocycles. The number of hydrogen-bond acceptors (Lipinski definition) is 6. The molecule has 0 bridgehead atoms. The summed E-state index contributed by atoms with van der Waals surface area (Å²) in [7, 11) is 4.66. The molecule has 1 aliphatic heterocycles. The minimum atomic E-state index is -1.38. The lowest BCUT2D eigenvalue weighted by molar-refractivity contribution is 0.144. The van der Waals surface area contributed by atoms with E-state index in [4.69, 9.17) is 28.8 Å². The molecule has 0 saturated heterocycles. The van der Waals surface area contributed by atoms with Crippen molar-refractivity contribution in [3.8, 4) is 28.7 Å². The number of fused-ring (bicyclic) bond motifs is 1. The van der Waals surface area contributed by atoms with Crippen LogP contribution in [0.2, 0.25) is 0 Å². The summed E-state index contributed by atoms with van der Waals surface area (Å²) in [5.74, 6) is 2.39. The standard InChI is InChI=1S/C19H20O7/c1-10-13-8-12(25-19(20)21)9-16(24-4)18(13)26-17(10)11-5-6-14(22-2)15(7-11)23-3/h5-10,17H,1-4H3,(H,20,21). The Bertz CT molecular complexity index is 831. The molecule has 7 nitrogen and oxygen atoms in total. The van der Waals surface area contributed by atoms with Crippen molar-refractivity contribution in [2.45, 2.75) is 18.9 Å². The molecule has 2 aromatic carbocycles. The highest BCUT2D eigenvalue weighted by molar-refractivity contribution is 5.64. The lowest BCUT2D eigenvalue weighted by Gasteiger charge is -2.18. The summed E-state index contributed by atoms with van der Waals surface area (Å²) in [5, 5.41) is 8.86. The third-order valence-corrected chi connectivity index (χ3v) is 4.41. The molecule has 7 heteroatoms. The van der Waals surface area contributed by atoms with Gasteiger partial charge in [-0.3, -0.25) is 0 Å². The Balaban J connectivity index is 1.99. The molecule has 26 heavy (non-hydrogen) atoms. The lowest BCUT2D eigenvalue weighted by Crippen LogP contribution is -2.08. The Morgan fingerprint density at radius 2 is 1.69 bits per heavy atom. The molecule has 0 aromatic heterocycles. The highest BCUT2D eigenvalue weighted by Gasteiger charge is 2.36. The number of rotatable bonds is 5. The molecule has 138 valence electrons. The van der Waals surface area contributed by atoms with Crippen LogP contribution in [0.3, 0.4) is 0 Å². The number of carbonyl (C=O) groups is 1. The van der Waals surface area contributed by atoms with Gasteiger partial charge in [0.25, 0.3) is 0 Å². The number of methoxy groups -OCH3 is 3. The van der Waals surface area contributed by atoms with Crippen LogP contribution in [-0.4, -0.2) is 32.6 Å². The van der Waals surface area contributed by atoms with Gasteiger partial charge in [0.1, 0.15) is 11.9 Å². The molecule has 1 N–H and O–H groups in total. The Hall–Kier alpha value is -3.09. The molecule has 2 atom stereocenters. The van der Waals surface area contributed by atoms with Crippen molar-refractivity contribution < 1.29 is 33.6 Å². The maximum absolute atomic E-state index is 10.8. The number of carboxylic acid groups (broad SMARTS) is 1. The fourth-order valence-electron chi connectivity index (χ4n) is 3.15. The van der Waals surface area contributed by atoms with Crippen molar-refractivity contribution in [3.63, 3.8) is 0 Å². The second-order valence-corrected chi connectivity index (χ2v) is 5.85. The second-order valence-electron chi connectivity index (χ2n) is 5.85. The van der Waals surface area contributed by atoms with Crippen LogP contribution >= 0.6 is 0 Å². The SMILES string of the molecule is COc1ccc(C2Oc3c(OC)cc(OC(=O)O)cc3C2C)cc1OC. The molecule has 0 saturated carbocycles. The normalized spacial score (nSPS) is 17.8. The average molecular weight is 360 g/mol. The van der Waals surface area contributed by atoms with E-state index in [9.17, 15) is 4.79 Å². The van der Waals surface area contributed by atoms with Crippen LogP contribution in [0.25, 0.3) is 0 Å². The molecule has 0 radical (unpaired) electrons. The van der Waals surface area contributed by atoms with Crippen LogP contribution in [0.15, 0.2) is 30.3 Å². The first-order chi connectivity index (χ1) is 12.5. The summed E-state index contributed by atoms with van der Waals surface area (Å²) in [6.45, 7) is 2.00. The Labute approximate surface area is 151 Å². The molecule has 1 aliphatic rings. The van der Waals surface area contributed by atoms with Gasteiger partial charge < -0.3 is 28.8 Å². The Morgan fingerprint density at radius 3 is 2.31 bits per heavy atom. The van der Waals surface area contributed by atoms with E-state index >= 15 is 0 Å². The molecular weight excluding hydrogens is 340 g/mol. The summed E-state index contributed by atoms with van der Waals surface area (Å²) < 4.78 is 26.9. The first-order valence-electron chi connectivity index (χ1n) is 7.99. The van der Waals surface area contributed by atoms with Crippen LogP contribution < -0.4 is 23.7 Å². The third-order valence-electron chi connectivity index (χ3n) is 4.41. The predicted molar refractivity (Wildman–Crippen MR) is 93.0 cm³/mol. The highest BCUT2D eigenvalue weighted by Crippen LogP contribution is 2.52. The van der Waals surface area contributed by atoms with Crippen LogP contribution in [0.4, 0.5) is 4.79 Å². The van der Waals surface area contributed by atoms with Crippen LogP contribution in [0.1, 0.15) is 30.1 Å². The molecule has 0 spiro atoms. The van der Waals surface area contributed by atoms with Crippen molar-refractivity contribution in [2.24, 2.45) is 0 Å². The minimum absolute atomic E-state index is 0.0469. The van der Waals surface area contributed by atoms with Gasteiger partial charge in [-0.1, -0.05) is 13.0 Å². The van der Waals surface area contributed by atoms with E-state index in [0.29, 0.717) is 23.0 Å². The van der Waals surface area contributed by atoms with E-state index < -0.39 is 6.16 Å².